The van der Waals surface area contributed by atoms with E-state index < -0.39 is 0 Å². The summed E-state index contributed by atoms with van der Waals surface area (Å²) in [5, 5.41) is 16.9. The standard InChI is InChI=1S/C11H19N3O/c1-2-3-4-6-12-9-11(15)10-14-8-5-7-13-14/h2-3,5,7-8,11-12,15H,4,6,9-10H2,1H3/b3-2+. The Labute approximate surface area is 90.6 Å². The molecule has 0 amide bonds. The molecule has 1 unspecified atom stereocenters. The highest BCUT2D eigenvalue weighted by Crippen LogP contribution is 1.90. The summed E-state index contributed by atoms with van der Waals surface area (Å²) in [6, 6.07) is 1.85. The van der Waals surface area contributed by atoms with Gasteiger partial charge >= 0.3 is 0 Å². The fourth-order valence-corrected chi connectivity index (χ4v) is 1.31. The van der Waals surface area contributed by atoms with Crippen LogP contribution in [-0.4, -0.2) is 34.1 Å². The molecule has 1 rings (SSSR count). The second-order valence-electron chi connectivity index (χ2n) is 3.44. The van der Waals surface area contributed by atoms with Crippen LogP contribution in [0.15, 0.2) is 30.6 Å². The van der Waals surface area contributed by atoms with Gasteiger partial charge in [-0.2, -0.15) is 5.10 Å². The largest absolute Gasteiger partial charge is 0.390 e. The highest BCUT2D eigenvalue weighted by atomic mass is 16.3. The van der Waals surface area contributed by atoms with Gasteiger partial charge in [-0.15, -0.1) is 0 Å². The molecule has 15 heavy (non-hydrogen) atoms. The number of allylic oxidation sites excluding steroid dienone is 1. The molecule has 1 aromatic heterocycles. The van der Waals surface area contributed by atoms with Crippen molar-refractivity contribution < 1.29 is 5.11 Å². The number of rotatable bonds is 7. The predicted octanol–water partition coefficient (Wildman–Crippen LogP) is 0.800. The Morgan fingerprint density at radius 2 is 2.47 bits per heavy atom. The number of hydrogen-bond donors (Lipinski definition) is 2. The lowest BCUT2D eigenvalue weighted by atomic mass is 10.3. The van der Waals surface area contributed by atoms with Gasteiger partial charge in [0.05, 0.1) is 12.6 Å². The van der Waals surface area contributed by atoms with E-state index in [1.54, 1.807) is 10.9 Å². The fourth-order valence-electron chi connectivity index (χ4n) is 1.31. The van der Waals surface area contributed by atoms with Crippen LogP contribution in [0, 0.1) is 0 Å². The van der Waals surface area contributed by atoms with E-state index in [4.69, 9.17) is 0 Å². The molecule has 0 saturated heterocycles. The number of aliphatic hydroxyl groups excluding tert-OH is 1. The van der Waals surface area contributed by atoms with E-state index in [9.17, 15) is 5.11 Å². The van der Waals surface area contributed by atoms with Crippen LogP contribution in [-0.2, 0) is 6.54 Å². The van der Waals surface area contributed by atoms with Crippen molar-refractivity contribution in [3.8, 4) is 0 Å². The van der Waals surface area contributed by atoms with E-state index in [0.29, 0.717) is 13.1 Å². The molecule has 1 aromatic rings. The highest BCUT2D eigenvalue weighted by molar-refractivity contribution is 4.79. The van der Waals surface area contributed by atoms with Crippen LogP contribution in [0.5, 0.6) is 0 Å². The van der Waals surface area contributed by atoms with Crippen molar-refractivity contribution >= 4 is 0 Å². The van der Waals surface area contributed by atoms with Gasteiger partial charge in [-0.25, -0.2) is 0 Å². The molecule has 0 bridgehead atoms. The monoisotopic (exact) mass is 209 g/mol. The number of hydrogen-bond acceptors (Lipinski definition) is 3. The molecule has 0 spiro atoms. The van der Waals surface area contributed by atoms with Gasteiger partial charge in [-0.05, 0) is 26.0 Å². The minimum absolute atomic E-state index is 0.379. The van der Waals surface area contributed by atoms with Crippen LogP contribution in [0.3, 0.4) is 0 Å². The van der Waals surface area contributed by atoms with Crippen LogP contribution in [0.1, 0.15) is 13.3 Å². The third-order valence-electron chi connectivity index (χ3n) is 2.06. The summed E-state index contributed by atoms with van der Waals surface area (Å²) in [6.45, 7) is 4.06. The summed E-state index contributed by atoms with van der Waals surface area (Å²) in [7, 11) is 0. The molecule has 0 saturated carbocycles. The van der Waals surface area contributed by atoms with Crippen molar-refractivity contribution in [3.05, 3.63) is 30.6 Å². The number of nitrogens with zero attached hydrogens (tertiary/aromatic N) is 2. The van der Waals surface area contributed by atoms with Crippen molar-refractivity contribution in [1.82, 2.24) is 15.1 Å². The number of aromatic nitrogens is 2. The fraction of sp³-hybridized carbons (Fsp3) is 0.545. The van der Waals surface area contributed by atoms with E-state index in [1.807, 2.05) is 25.3 Å². The predicted molar refractivity (Wildman–Crippen MR) is 60.5 cm³/mol. The lowest BCUT2D eigenvalue weighted by Gasteiger charge is -2.11. The lowest BCUT2D eigenvalue weighted by Crippen LogP contribution is -2.30. The summed E-state index contributed by atoms with van der Waals surface area (Å²) < 4.78 is 1.73. The Kier molecular flexibility index (Phi) is 5.73. The Bertz CT molecular complexity index is 269. The van der Waals surface area contributed by atoms with Gasteiger partial charge < -0.3 is 10.4 Å². The third kappa shape index (κ3) is 5.34. The molecule has 2 N–H and O–H groups in total. The normalized spacial score (nSPS) is 13.5. The van der Waals surface area contributed by atoms with Crippen LogP contribution >= 0.6 is 0 Å². The molecular formula is C11H19N3O. The Hall–Kier alpha value is -1.13. The molecule has 1 heterocycles. The van der Waals surface area contributed by atoms with Gasteiger partial charge in [0, 0.05) is 18.9 Å². The van der Waals surface area contributed by atoms with E-state index in [2.05, 4.69) is 16.5 Å². The summed E-state index contributed by atoms with van der Waals surface area (Å²) in [4.78, 5) is 0. The summed E-state index contributed by atoms with van der Waals surface area (Å²) >= 11 is 0. The van der Waals surface area contributed by atoms with Gasteiger partial charge in [0.25, 0.3) is 0 Å². The molecule has 4 nitrogen and oxygen atoms in total. The Morgan fingerprint density at radius 3 is 3.13 bits per heavy atom. The number of nitrogens with one attached hydrogen (secondary N) is 1. The Morgan fingerprint density at radius 1 is 1.60 bits per heavy atom. The van der Waals surface area contributed by atoms with Crippen LogP contribution in [0.2, 0.25) is 0 Å². The zero-order valence-corrected chi connectivity index (χ0v) is 9.13. The summed E-state index contributed by atoms with van der Waals surface area (Å²) in [5.74, 6) is 0. The van der Waals surface area contributed by atoms with E-state index in [1.165, 1.54) is 0 Å². The van der Waals surface area contributed by atoms with E-state index in [-0.39, 0.29) is 6.10 Å². The molecule has 0 radical (unpaired) electrons. The second kappa shape index (κ2) is 7.20. The maximum atomic E-state index is 9.64. The maximum absolute atomic E-state index is 9.64. The molecule has 1 atom stereocenters. The van der Waals surface area contributed by atoms with Crippen molar-refractivity contribution in [1.29, 1.82) is 0 Å². The first-order valence-electron chi connectivity index (χ1n) is 5.30. The topological polar surface area (TPSA) is 50.1 Å². The van der Waals surface area contributed by atoms with Gasteiger partial charge in [-0.1, -0.05) is 12.2 Å². The molecule has 0 aliphatic rings. The average Bonchev–Trinajstić information content (AvgIpc) is 2.70. The first kappa shape index (κ1) is 11.9. The Balaban J connectivity index is 2.06. The quantitative estimate of drug-likeness (QED) is 0.516. The van der Waals surface area contributed by atoms with Crippen molar-refractivity contribution in [2.24, 2.45) is 0 Å². The zero-order chi connectivity index (χ0) is 10.9. The molecule has 0 aromatic carbocycles. The van der Waals surface area contributed by atoms with Crippen LogP contribution in [0.25, 0.3) is 0 Å². The van der Waals surface area contributed by atoms with Gasteiger partial charge in [0.15, 0.2) is 0 Å². The third-order valence-corrected chi connectivity index (χ3v) is 2.06. The summed E-state index contributed by atoms with van der Waals surface area (Å²) in [5.41, 5.74) is 0. The van der Waals surface area contributed by atoms with Crippen molar-refractivity contribution in [3.63, 3.8) is 0 Å². The minimum Gasteiger partial charge on any atom is -0.390 e. The smallest absolute Gasteiger partial charge is 0.0860 e. The maximum Gasteiger partial charge on any atom is 0.0860 e. The van der Waals surface area contributed by atoms with Gasteiger partial charge in [0.1, 0.15) is 0 Å². The minimum atomic E-state index is -0.379. The summed E-state index contributed by atoms with van der Waals surface area (Å²) in [6.07, 6.45) is 8.32. The molecule has 0 aliphatic heterocycles. The zero-order valence-electron chi connectivity index (χ0n) is 9.13. The molecule has 0 fully saturated rings. The van der Waals surface area contributed by atoms with E-state index in [0.717, 1.165) is 13.0 Å². The number of aliphatic hydroxyl groups is 1. The molecule has 4 heteroatoms. The SMILES string of the molecule is C/C=C/CCNCC(O)Cn1cccn1. The molecule has 0 aliphatic carbocycles. The van der Waals surface area contributed by atoms with Crippen molar-refractivity contribution in [2.45, 2.75) is 26.0 Å². The lowest BCUT2D eigenvalue weighted by molar-refractivity contribution is 0.147. The first-order chi connectivity index (χ1) is 7.33. The van der Waals surface area contributed by atoms with Crippen molar-refractivity contribution in [2.75, 3.05) is 13.1 Å². The first-order valence-corrected chi connectivity index (χ1v) is 5.30. The molecular weight excluding hydrogens is 190 g/mol. The van der Waals surface area contributed by atoms with Crippen LogP contribution < -0.4 is 5.32 Å². The second-order valence-corrected chi connectivity index (χ2v) is 3.44. The van der Waals surface area contributed by atoms with E-state index >= 15 is 0 Å². The van der Waals surface area contributed by atoms with Crippen LogP contribution in [0.4, 0.5) is 0 Å². The average molecular weight is 209 g/mol. The van der Waals surface area contributed by atoms with Gasteiger partial charge in [0.2, 0.25) is 0 Å². The van der Waals surface area contributed by atoms with Gasteiger partial charge in [-0.3, -0.25) is 4.68 Å². The molecule has 84 valence electrons. The highest BCUT2D eigenvalue weighted by Gasteiger charge is 2.03.